The Balaban J connectivity index is 2.07. The van der Waals surface area contributed by atoms with Crippen LogP contribution in [0.3, 0.4) is 0 Å². The molecule has 0 unspecified atom stereocenters. The number of benzene rings is 2. The minimum atomic E-state index is 0.0158. The predicted octanol–water partition coefficient (Wildman–Crippen LogP) is 3.26. The van der Waals surface area contributed by atoms with Crippen molar-refractivity contribution >= 4 is 11.5 Å². The maximum atomic E-state index is 11.3. The SMILES string of the molecule is CC(=O)c1ccc(CCc2ccccc2)cc1N. The molecule has 0 saturated carbocycles. The summed E-state index contributed by atoms with van der Waals surface area (Å²) in [7, 11) is 0. The molecule has 0 aliphatic heterocycles. The largest absolute Gasteiger partial charge is 0.398 e. The van der Waals surface area contributed by atoms with Crippen LogP contribution in [0.2, 0.25) is 0 Å². The first-order valence-corrected chi connectivity index (χ1v) is 6.10. The van der Waals surface area contributed by atoms with Crippen LogP contribution in [0.1, 0.15) is 28.4 Å². The first kappa shape index (κ1) is 12.4. The molecule has 0 bridgehead atoms. The number of ketones is 1. The van der Waals surface area contributed by atoms with Gasteiger partial charge in [-0.1, -0.05) is 36.4 Å². The molecule has 2 heteroatoms. The number of aryl methyl sites for hydroxylation is 2. The molecule has 18 heavy (non-hydrogen) atoms. The van der Waals surface area contributed by atoms with Crippen molar-refractivity contribution < 1.29 is 4.79 Å². The van der Waals surface area contributed by atoms with Crippen molar-refractivity contribution in [3.05, 3.63) is 65.2 Å². The number of hydrogen-bond acceptors (Lipinski definition) is 2. The highest BCUT2D eigenvalue weighted by molar-refractivity contribution is 5.99. The van der Waals surface area contributed by atoms with Gasteiger partial charge in [0, 0.05) is 11.3 Å². The second kappa shape index (κ2) is 5.50. The molecule has 0 fully saturated rings. The minimum Gasteiger partial charge on any atom is -0.398 e. The maximum absolute atomic E-state index is 11.3. The van der Waals surface area contributed by atoms with Crippen molar-refractivity contribution in [2.24, 2.45) is 0 Å². The minimum absolute atomic E-state index is 0.0158. The molecule has 92 valence electrons. The third-order valence-electron chi connectivity index (χ3n) is 3.04. The highest BCUT2D eigenvalue weighted by atomic mass is 16.1. The van der Waals surface area contributed by atoms with Crippen LogP contribution >= 0.6 is 0 Å². The van der Waals surface area contributed by atoms with Gasteiger partial charge in [-0.25, -0.2) is 0 Å². The summed E-state index contributed by atoms with van der Waals surface area (Å²) in [5.74, 6) is 0.0158. The molecule has 0 saturated heterocycles. The molecule has 0 aliphatic carbocycles. The van der Waals surface area contributed by atoms with Crippen molar-refractivity contribution in [2.75, 3.05) is 5.73 Å². The highest BCUT2D eigenvalue weighted by Crippen LogP contribution is 2.16. The average molecular weight is 239 g/mol. The lowest BCUT2D eigenvalue weighted by Crippen LogP contribution is -2.01. The van der Waals surface area contributed by atoms with E-state index >= 15 is 0 Å². The monoisotopic (exact) mass is 239 g/mol. The number of anilines is 1. The van der Waals surface area contributed by atoms with Gasteiger partial charge in [0.2, 0.25) is 0 Å². The Hall–Kier alpha value is -2.09. The van der Waals surface area contributed by atoms with Crippen LogP contribution in [0.25, 0.3) is 0 Å². The van der Waals surface area contributed by atoms with Crippen molar-refractivity contribution in [1.82, 2.24) is 0 Å². The van der Waals surface area contributed by atoms with Crippen molar-refractivity contribution in [3.8, 4) is 0 Å². The molecular formula is C16H17NO. The third kappa shape index (κ3) is 2.98. The van der Waals surface area contributed by atoms with E-state index in [0.717, 1.165) is 12.8 Å². The Morgan fingerprint density at radius 1 is 1.00 bits per heavy atom. The number of Topliss-reactive ketones (excluding diaryl/α,β-unsaturated/α-hetero) is 1. The van der Waals surface area contributed by atoms with Crippen molar-refractivity contribution in [1.29, 1.82) is 0 Å². The quantitative estimate of drug-likeness (QED) is 0.657. The van der Waals surface area contributed by atoms with Gasteiger partial charge < -0.3 is 5.73 Å². The summed E-state index contributed by atoms with van der Waals surface area (Å²) >= 11 is 0. The zero-order valence-corrected chi connectivity index (χ0v) is 10.5. The zero-order chi connectivity index (χ0) is 13.0. The van der Waals surface area contributed by atoms with Gasteiger partial charge >= 0.3 is 0 Å². The van der Waals surface area contributed by atoms with E-state index in [1.807, 2.05) is 36.4 Å². The number of nitrogens with two attached hydrogens (primary N) is 1. The lowest BCUT2D eigenvalue weighted by Gasteiger charge is -2.06. The smallest absolute Gasteiger partial charge is 0.161 e. The molecule has 2 aromatic carbocycles. The first-order chi connectivity index (χ1) is 8.66. The van der Waals surface area contributed by atoms with Crippen LogP contribution in [0.5, 0.6) is 0 Å². The van der Waals surface area contributed by atoms with E-state index in [1.165, 1.54) is 18.1 Å². The van der Waals surface area contributed by atoms with Gasteiger partial charge in [-0.15, -0.1) is 0 Å². The van der Waals surface area contributed by atoms with Gasteiger partial charge in [0.25, 0.3) is 0 Å². The van der Waals surface area contributed by atoms with E-state index in [9.17, 15) is 4.79 Å². The van der Waals surface area contributed by atoms with E-state index < -0.39 is 0 Å². The third-order valence-corrected chi connectivity index (χ3v) is 3.04. The fourth-order valence-electron chi connectivity index (χ4n) is 2.02. The van der Waals surface area contributed by atoms with Crippen LogP contribution in [0, 0.1) is 0 Å². The Morgan fingerprint density at radius 3 is 2.28 bits per heavy atom. The van der Waals surface area contributed by atoms with Crippen molar-refractivity contribution in [2.45, 2.75) is 19.8 Å². The molecule has 2 N–H and O–H groups in total. The van der Waals surface area contributed by atoms with Gasteiger partial charge in [0.1, 0.15) is 0 Å². The van der Waals surface area contributed by atoms with Crippen LogP contribution < -0.4 is 5.73 Å². The maximum Gasteiger partial charge on any atom is 0.161 e. The summed E-state index contributed by atoms with van der Waals surface area (Å²) in [5.41, 5.74) is 9.54. The second-order valence-electron chi connectivity index (χ2n) is 4.46. The molecule has 0 atom stereocenters. The Labute approximate surface area is 107 Å². The standard InChI is InChI=1S/C16H17NO/c1-12(18)15-10-9-14(11-16(15)17)8-7-13-5-3-2-4-6-13/h2-6,9-11H,7-8,17H2,1H3. The number of hydrogen-bond donors (Lipinski definition) is 1. The van der Waals surface area contributed by atoms with Gasteiger partial charge in [-0.3, -0.25) is 4.79 Å². The van der Waals surface area contributed by atoms with Gasteiger partial charge in [0.15, 0.2) is 5.78 Å². The van der Waals surface area contributed by atoms with E-state index in [4.69, 9.17) is 5.73 Å². The van der Waals surface area contributed by atoms with E-state index in [1.54, 1.807) is 0 Å². The van der Waals surface area contributed by atoms with Gasteiger partial charge in [-0.2, -0.15) is 0 Å². The molecule has 0 spiro atoms. The highest BCUT2D eigenvalue weighted by Gasteiger charge is 2.05. The molecule has 0 radical (unpaired) electrons. The van der Waals surface area contributed by atoms with E-state index in [2.05, 4.69) is 12.1 Å². The van der Waals surface area contributed by atoms with Gasteiger partial charge in [0.05, 0.1) is 0 Å². The first-order valence-electron chi connectivity index (χ1n) is 6.10. The van der Waals surface area contributed by atoms with E-state index in [0.29, 0.717) is 11.3 Å². The van der Waals surface area contributed by atoms with Crippen LogP contribution in [-0.2, 0) is 12.8 Å². The Morgan fingerprint density at radius 2 is 1.67 bits per heavy atom. The summed E-state index contributed by atoms with van der Waals surface area (Å²) in [5, 5.41) is 0. The molecule has 0 aliphatic rings. The van der Waals surface area contributed by atoms with Gasteiger partial charge in [-0.05, 0) is 43.0 Å². The average Bonchev–Trinajstić information content (AvgIpc) is 2.37. The molecular weight excluding hydrogens is 222 g/mol. The summed E-state index contributed by atoms with van der Waals surface area (Å²) < 4.78 is 0. The summed E-state index contributed by atoms with van der Waals surface area (Å²) in [4.78, 5) is 11.3. The normalized spacial score (nSPS) is 10.3. The van der Waals surface area contributed by atoms with Crippen molar-refractivity contribution in [3.63, 3.8) is 0 Å². The number of nitrogen functional groups attached to an aromatic ring is 1. The number of carbonyl (C=O) groups is 1. The van der Waals surface area contributed by atoms with Crippen LogP contribution in [0.4, 0.5) is 5.69 Å². The molecule has 0 aromatic heterocycles. The van der Waals surface area contributed by atoms with Crippen LogP contribution in [0.15, 0.2) is 48.5 Å². The fourth-order valence-corrected chi connectivity index (χ4v) is 2.02. The lowest BCUT2D eigenvalue weighted by atomic mass is 10.0. The summed E-state index contributed by atoms with van der Waals surface area (Å²) in [6.07, 6.45) is 1.92. The summed E-state index contributed by atoms with van der Waals surface area (Å²) in [6.45, 7) is 1.54. The number of carbonyl (C=O) groups excluding carboxylic acids is 1. The lowest BCUT2D eigenvalue weighted by molar-refractivity contribution is 0.101. The number of rotatable bonds is 4. The zero-order valence-electron chi connectivity index (χ0n) is 10.5. The van der Waals surface area contributed by atoms with E-state index in [-0.39, 0.29) is 5.78 Å². The Kier molecular flexibility index (Phi) is 3.78. The van der Waals surface area contributed by atoms with Crippen LogP contribution in [-0.4, -0.2) is 5.78 Å². The second-order valence-corrected chi connectivity index (χ2v) is 4.46. The molecule has 2 nitrogen and oxygen atoms in total. The fraction of sp³-hybridized carbons (Fsp3) is 0.188. The molecule has 0 amide bonds. The molecule has 2 rings (SSSR count). The molecule has 2 aromatic rings. The Bertz CT molecular complexity index is 546. The predicted molar refractivity (Wildman–Crippen MR) is 74.7 cm³/mol. The molecule has 0 heterocycles. The topological polar surface area (TPSA) is 43.1 Å². The summed E-state index contributed by atoms with van der Waals surface area (Å²) in [6, 6.07) is 16.0.